The van der Waals surface area contributed by atoms with Crippen LogP contribution in [-0.2, 0) is 5.11 Å². The Bertz CT molecular complexity index is 180. The van der Waals surface area contributed by atoms with Gasteiger partial charge in [0, 0.05) is 0 Å². The van der Waals surface area contributed by atoms with Crippen LogP contribution in [0.3, 0.4) is 0 Å². The highest BCUT2D eigenvalue weighted by Crippen LogP contribution is 2.09. The van der Waals surface area contributed by atoms with Gasteiger partial charge >= 0.3 is 0 Å². The summed E-state index contributed by atoms with van der Waals surface area (Å²) in [4.78, 5) is 2.62. The van der Waals surface area contributed by atoms with Gasteiger partial charge in [-0.3, -0.25) is 0 Å². The number of hydrogen-bond donors (Lipinski definition) is 0. The van der Waals surface area contributed by atoms with Crippen molar-refractivity contribution in [3.05, 3.63) is 0 Å². The summed E-state index contributed by atoms with van der Waals surface area (Å²) in [6.07, 6.45) is 18.5. The second-order valence-electron chi connectivity index (χ2n) is 6.79. The summed E-state index contributed by atoms with van der Waals surface area (Å²) >= 11 is 0. The molecule has 1 radical (unpaired) electrons. The van der Waals surface area contributed by atoms with Crippen molar-refractivity contribution < 1.29 is 5.11 Å². The van der Waals surface area contributed by atoms with Crippen LogP contribution in [0.5, 0.6) is 0 Å². The quantitative estimate of drug-likeness (QED) is 0.275. The lowest BCUT2D eigenvalue weighted by Crippen LogP contribution is -2.27. The third kappa shape index (κ3) is 16.3. The molecule has 0 aromatic heterocycles. The van der Waals surface area contributed by atoms with Crippen LogP contribution in [-0.4, -0.2) is 31.1 Å². The lowest BCUT2D eigenvalue weighted by atomic mass is 10.1. The van der Waals surface area contributed by atoms with Crippen molar-refractivity contribution in [2.45, 2.75) is 104 Å². The Kier molecular flexibility index (Phi) is 18.9. The molecule has 0 heterocycles. The summed E-state index contributed by atoms with van der Waals surface area (Å²) in [5.74, 6) is 0. The number of rotatable bonds is 18. The summed E-state index contributed by atoms with van der Waals surface area (Å²) in [5, 5.41) is 10.6. The topological polar surface area (TPSA) is 23.1 Å². The van der Waals surface area contributed by atoms with Crippen molar-refractivity contribution in [1.82, 2.24) is 4.90 Å². The molecule has 133 valence electrons. The van der Waals surface area contributed by atoms with Gasteiger partial charge in [-0.05, 0) is 45.3 Å². The van der Waals surface area contributed by atoms with Gasteiger partial charge in [-0.2, -0.15) is 0 Å². The van der Waals surface area contributed by atoms with Gasteiger partial charge in [-0.15, -0.1) is 0 Å². The summed E-state index contributed by atoms with van der Waals surface area (Å²) in [6, 6.07) is 0. The predicted molar refractivity (Wildman–Crippen MR) is 98.0 cm³/mol. The SMILES string of the molecule is CCCCCCCCN(CCCC[O])CCCCCCCC. The molecule has 22 heavy (non-hydrogen) atoms. The molecular weight excluding hydrogens is 270 g/mol. The molecule has 0 rings (SSSR count). The normalized spacial score (nSPS) is 11.5. The van der Waals surface area contributed by atoms with Gasteiger partial charge in [0.05, 0.1) is 6.61 Å². The summed E-state index contributed by atoms with van der Waals surface area (Å²) < 4.78 is 0. The number of nitrogens with zero attached hydrogens (tertiary/aromatic N) is 1. The van der Waals surface area contributed by atoms with Crippen molar-refractivity contribution in [1.29, 1.82) is 0 Å². The molecule has 0 N–H and O–H groups in total. The van der Waals surface area contributed by atoms with Gasteiger partial charge in [-0.25, -0.2) is 5.11 Å². The highest BCUT2D eigenvalue weighted by molar-refractivity contribution is 4.60. The van der Waals surface area contributed by atoms with Crippen LogP contribution in [0.4, 0.5) is 0 Å². The van der Waals surface area contributed by atoms with Crippen LogP contribution in [0.2, 0.25) is 0 Å². The molecule has 0 spiro atoms. The van der Waals surface area contributed by atoms with Crippen LogP contribution in [0, 0.1) is 0 Å². The van der Waals surface area contributed by atoms with Crippen molar-refractivity contribution in [3.63, 3.8) is 0 Å². The molecule has 2 nitrogen and oxygen atoms in total. The van der Waals surface area contributed by atoms with Gasteiger partial charge in [0.15, 0.2) is 0 Å². The van der Waals surface area contributed by atoms with Gasteiger partial charge < -0.3 is 4.90 Å². The van der Waals surface area contributed by atoms with Gasteiger partial charge in [0.1, 0.15) is 0 Å². The molecule has 0 aliphatic heterocycles. The fourth-order valence-corrected chi connectivity index (χ4v) is 3.00. The zero-order valence-corrected chi connectivity index (χ0v) is 15.6. The molecular formula is C20H42NO. The Morgan fingerprint density at radius 1 is 0.500 bits per heavy atom. The largest absolute Gasteiger partial charge is 0.303 e. The van der Waals surface area contributed by atoms with E-state index in [1.807, 2.05) is 0 Å². The minimum absolute atomic E-state index is 0.0991. The Hall–Kier alpha value is -0.0800. The summed E-state index contributed by atoms with van der Waals surface area (Å²) in [6.45, 7) is 8.30. The standard InChI is InChI=1S/C20H42NO/c1-3-5-7-9-11-13-17-21(19-15-16-20-22)18-14-12-10-8-6-4-2/h3-20H2,1-2H3. The Morgan fingerprint density at radius 2 is 0.864 bits per heavy atom. The van der Waals surface area contributed by atoms with E-state index < -0.39 is 0 Å². The Morgan fingerprint density at radius 3 is 1.27 bits per heavy atom. The molecule has 0 bridgehead atoms. The summed E-state index contributed by atoms with van der Waals surface area (Å²) in [7, 11) is 0. The molecule has 0 aromatic rings. The van der Waals surface area contributed by atoms with Crippen molar-refractivity contribution in [2.24, 2.45) is 0 Å². The fourth-order valence-electron chi connectivity index (χ4n) is 3.00. The molecule has 0 amide bonds. The van der Waals surface area contributed by atoms with E-state index in [0.29, 0.717) is 0 Å². The van der Waals surface area contributed by atoms with E-state index in [1.165, 1.54) is 90.1 Å². The van der Waals surface area contributed by atoms with E-state index in [2.05, 4.69) is 18.7 Å². The zero-order chi connectivity index (χ0) is 16.3. The molecule has 0 unspecified atom stereocenters. The highest BCUT2D eigenvalue weighted by Gasteiger charge is 2.04. The molecule has 0 saturated carbocycles. The van der Waals surface area contributed by atoms with E-state index in [-0.39, 0.29) is 6.61 Å². The van der Waals surface area contributed by atoms with Gasteiger partial charge in [0.25, 0.3) is 0 Å². The van der Waals surface area contributed by atoms with Crippen molar-refractivity contribution in [3.8, 4) is 0 Å². The third-order valence-corrected chi connectivity index (χ3v) is 4.52. The van der Waals surface area contributed by atoms with E-state index in [1.54, 1.807) is 0 Å². The minimum atomic E-state index is 0.0991. The maximum absolute atomic E-state index is 10.6. The van der Waals surface area contributed by atoms with E-state index in [0.717, 1.165) is 19.4 Å². The second kappa shape index (κ2) is 19.0. The minimum Gasteiger partial charge on any atom is -0.303 e. The van der Waals surface area contributed by atoms with Crippen LogP contribution in [0.15, 0.2) is 0 Å². The van der Waals surface area contributed by atoms with Crippen LogP contribution < -0.4 is 0 Å². The zero-order valence-electron chi connectivity index (χ0n) is 15.6. The maximum atomic E-state index is 10.6. The van der Waals surface area contributed by atoms with Gasteiger partial charge in [-0.1, -0.05) is 78.1 Å². The predicted octanol–water partition coefficient (Wildman–Crippen LogP) is 6.22. The average Bonchev–Trinajstić information content (AvgIpc) is 2.53. The number of hydrogen-bond acceptors (Lipinski definition) is 1. The smallest absolute Gasteiger partial charge is 0.0822 e. The molecule has 0 aliphatic rings. The lowest BCUT2D eigenvalue weighted by Gasteiger charge is -2.22. The molecule has 0 fully saturated rings. The van der Waals surface area contributed by atoms with Crippen LogP contribution in [0.1, 0.15) is 104 Å². The molecule has 0 atom stereocenters. The first-order valence-corrected chi connectivity index (χ1v) is 10.2. The number of unbranched alkanes of at least 4 members (excludes halogenated alkanes) is 11. The molecule has 0 aliphatic carbocycles. The third-order valence-electron chi connectivity index (χ3n) is 4.52. The fraction of sp³-hybridized carbons (Fsp3) is 1.00. The summed E-state index contributed by atoms with van der Waals surface area (Å²) in [5.41, 5.74) is 0. The van der Waals surface area contributed by atoms with Crippen LogP contribution >= 0.6 is 0 Å². The van der Waals surface area contributed by atoms with E-state index in [4.69, 9.17) is 0 Å². The lowest BCUT2D eigenvalue weighted by molar-refractivity contribution is 0.176. The van der Waals surface area contributed by atoms with Crippen molar-refractivity contribution >= 4 is 0 Å². The second-order valence-corrected chi connectivity index (χ2v) is 6.79. The van der Waals surface area contributed by atoms with E-state index >= 15 is 0 Å². The first-order valence-electron chi connectivity index (χ1n) is 10.2. The van der Waals surface area contributed by atoms with Crippen LogP contribution in [0.25, 0.3) is 0 Å². The average molecular weight is 313 g/mol. The highest BCUT2D eigenvalue weighted by atomic mass is 16.2. The first-order chi connectivity index (χ1) is 10.8. The molecule has 0 aromatic carbocycles. The first kappa shape index (κ1) is 21.9. The molecule has 0 saturated heterocycles. The van der Waals surface area contributed by atoms with E-state index in [9.17, 15) is 5.11 Å². The Balaban J connectivity index is 3.65. The molecule has 2 heteroatoms. The van der Waals surface area contributed by atoms with Gasteiger partial charge in [0.2, 0.25) is 0 Å². The maximum Gasteiger partial charge on any atom is 0.0822 e. The van der Waals surface area contributed by atoms with Crippen molar-refractivity contribution in [2.75, 3.05) is 26.2 Å². The monoisotopic (exact) mass is 312 g/mol. The Labute approximate surface area is 140 Å².